The van der Waals surface area contributed by atoms with Crippen LogP contribution in [0.4, 0.5) is 17.1 Å². The second kappa shape index (κ2) is 17.5. The van der Waals surface area contributed by atoms with Crippen LogP contribution in [0.5, 0.6) is 11.5 Å². The molecule has 0 amide bonds. The molecule has 0 atom stereocenters. The van der Waals surface area contributed by atoms with Crippen LogP contribution >= 0.6 is 0 Å². The third kappa shape index (κ3) is 7.61. The molecular formula is C73H64BNO. The predicted molar refractivity (Wildman–Crippen MR) is 322 cm³/mol. The number of nitrogens with zero attached hydrogens (tertiary/aromatic N) is 1. The smallest absolute Gasteiger partial charge is 0.247 e. The number of hydrogen-bond acceptors (Lipinski definition) is 2. The fourth-order valence-corrected chi connectivity index (χ4v) is 12.1. The number of para-hydroxylation sites is 2. The van der Waals surface area contributed by atoms with Crippen LogP contribution in [0.1, 0.15) is 115 Å². The van der Waals surface area contributed by atoms with Crippen molar-refractivity contribution in [2.45, 2.75) is 84.0 Å². The standard InChI is InChI=1S/C73H64BNO/c1-70(2,3)54-35-38-64(57(46-54)49-27-17-12-18-28-49)75-65-43-51(52-39-55(71(4,5)6)45-56(40-52)72(7,8)9)34-37-63(65)74-62-36-33-50(47-23-13-10-14-24-47)41-60(62)73(58-29-19-21-31-67(58)76-68-32-22-20-30-59(68)73)61-42-53(44-66(75)69(61)74)48-25-15-11-16-26-48/h10-46H,1-9H3/i10D,11D,13D,14D,15D,16D,23D,24D,25D,26D. The van der Waals surface area contributed by atoms with Crippen LogP contribution in [0, 0.1) is 0 Å². The fraction of sp³-hybridized carbons (Fsp3) is 0.178. The first-order chi connectivity index (χ1) is 40.7. The molecule has 2 nitrogen and oxygen atoms in total. The molecule has 0 radical (unpaired) electrons. The Bertz CT molecular complexity index is 4400. The maximum atomic E-state index is 9.71. The lowest BCUT2D eigenvalue weighted by Crippen LogP contribution is -2.65. The van der Waals surface area contributed by atoms with E-state index in [4.69, 9.17) is 13.0 Å². The van der Waals surface area contributed by atoms with Crippen LogP contribution in [-0.2, 0) is 21.7 Å². The van der Waals surface area contributed by atoms with Gasteiger partial charge in [0.1, 0.15) is 11.5 Å². The summed E-state index contributed by atoms with van der Waals surface area (Å²) in [6, 6.07) is 52.4. The second-order valence-electron chi connectivity index (χ2n) is 23.8. The third-order valence-electron chi connectivity index (χ3n) is 16.0. The number of fused-ring (bicyclic) bond motifs is 10. The molecule has 0 fully saturated rings. The van der Waals surface area contributed by atoms with Crippen LogP contribution < -0.4 is 26.0 Å². The van der Waals surface area contributed by atoms with E-state index in [0.717, 1.165) is 83.5 Å². The van der Waals surface area contributed by atoms with Crippen molar-refractivity contribution in [2.75, 3.05) is 4.90 Å². The van der Waals surface area contributed by atoms with E-state index in [1.165, 1.54) is 11.1 Å². The molecule has 0 unspecified atom stereocenters. The second-order valence-corrected chi connectivity index (χ2v) is 23.8. The van der Waals surface area contributed by atoms with Crippen LogP contribution in [-0.4, -0.2) is 6.71 Å². The van der Waals surface area contributed by atoms with E-state index < -0.39 is 48.4 Å². The number of benzene rings is 10. The van der Waals surface area contributed by atoms with Gasteiger partial charge in [-0.15, -0.1) is 0 Å². The van der Waals surface area contributed by atoms with Crippen molar-refractivity contribution in [1.82, 2.24) is 0 Å². The quantitative estimate of drug-likeness (QED) is 0.159. The summed E-state index contributed by atoms with van der Waals surface area (Å²) in [5, 5.41) is 0. The predicted octanol–water partition coefficient (Wildman–Crippen LogP) is 17.3. The SMILES string of the molecule is [2H]c1c([2H])c([2H])c(-c2ccc3c(c2)C2(c4ccccc4Oc4ccccc42)c2cc(-c4c([2H])c([2H])c([2H])c([2H])c4[2H])cc4c2B3c2ccc(-c3cc(C(C)(C)C)cc(C(C)(C)C)c3)cc2N4c2ccc(C(C)(C)C)cc2-c2ccccc2)c([2H])c1[2H]. The summed E-state index contributed by atoms with van der Waals surface area (Å²) in [5.74, 6) is 1.14. The zero-order chi connectivity index (χ0) is 61.0. The van der Waals surface area contributed by atoms with Crippen molar-refractivity contribution in [3.8, 4) is 56.0 Å². The molecule has 3 aliphatic heterocycles. The molecule has 3 heterocycles. The summed E-state index contributed by atoms with van der Waals surface area (Å²) < 4.78 is 98.6. The Morgan fingerprint density at radius 2 is 0.895 bits per heavy atom. The van der Waals surface area contributed by atoms with Gasteiger partial charge in [0.2, 0.25) is 6.71 Å². The fourth-order valence-electron chi connectivity index (χ4n) is 12.1. The first-order valence-electron chi connectivity index (χ1n) is 31.4. The van der Waals surface area contributed by atoms with E-state index in [1.54, 1.807) is 0 Å². The van der Waals surface area contributed by atoms with Crippen LogP contribution in [0.15, 0.2) is 224 Å². The number of hydrogen-bond donors (Lipinski definition) is 0. The highest BCUT2D eigenvalue weighted by atomic mass is 16.5. The summed E-state index contributed by atoms with van der Waals surface area (Å²) in [4.78, 5) is 2.34. The average Bonchev–Trinajstić information content (AvgIpc) is 0.675. The largest absolute Gasteiger partial charge is 0.457 e. The lowest BCUT2D eigenvalue weighted by atomic mass is 9.29. The zero-order valence-corrected chi connectivity index (χ0v) is 44.5. The van der Waals surface area contributed by atoms with Crippen LogP contribution in [0.2, 0.25) is 0 Å². The molecule has 0 saturated heterocycles. The van der Waals surface area contributed by atoms with Gasteiger partial charge in [0.25, 0.3) is 0 Å². The molecule has 0 N–H and O–H groups in total. The molecule has 0 bridgehead atoms. The Hall–Kier alpha value is -8.14. The third-order valence-corrected chi connectivity index (χ3v) is 16.0. The summed E-state index contributed by atoms with van der Waals surface area (Å²) >= 11 is 0. The first-order valence-corrected chi connectivity index (χ1v) is 26.4. The van der Waals surface area contributed by atoms with E-state index in [1.807, 2.05) is 78.9 Å². The molecule has 0 aromatic heterocycles. The first kappa shape index (κ1) is 37.6. The van der Waals surface area contributed by atoms with Crippen molar-refractivity contribution < 1.29 is 18.4 Å². The van der Waals surface area contributed by atoms with Gasteiger partial charge in [-0.1, -0.05) is 250 Å². The molecule has 76 heavy (non-hydrogen) atoms. The number of rotatable bonds is 5. The van der Waals surface area contributed by atoms with Crippen molar-refractivity contribution >= 4 is 40.2 Å². The Balaban J connectivity index is 1.26. The summed E-state index contributed by atoms with van der Waals surface area (Å²) in [7, 11) is 0. The maximum Gasteiger partial charge on any atom is 0.247 e. The number of ether oxygens (including phenoxy) is 1. The van der Waals surface area contributed by atoms with E-state index in [0.29, 0.717) is 22.6 Å². The van der Waals surface area contributed by atoms with Gasteiger partial charge in [0.05, 0.1) is 24.8 Å². The van der Waals surface area contributed by atoms with Gasteiger partial charge >= 0.3 is 0 Å². The Morgan fingerprint density at radius 1 is 0.382 bits per heavy atom. The summed E-state index contributed by atoms with van der Waals surface area (Å²) in [5.41, 5.74) is 14.8. The molecular weight excluding hydrogens is 918 g/mol. The molecule has 10 aromatic carbocycles. The highest BCUT2D eigenvalue weighted by Gasteiger charge is 2.55. The molecule has 10 aromatic rings. The van der Waals surface area contributed by atoms with Gasteiger partial charge in [0, 0.05) is 28.1 Å². The molecule has 13 rings (SSSR count). The minimum absolute atomic E-state index is 0.0358. The maximum absolute atomic E-state index is 9.71. The molecule has 3 aliphatic rings. The molecule has 1 spiro atoms. The Morgan fingerprint density at radius 3 is 1.50 bits per heavy atom. The topological polar surface area (TPSA) is 12.5 Å². The van der Waals surface area contributed by atoms with Crippen molar-refractivity contribution in [3.05, 3.63) is 263 Å². The van der Waals surface area contributed by atoms with Crippen molar-refractivity contribution in [2.24, 2.45) is 0 Å². The average molecular weight is 992 g/mol. The van der Waals surface area contributed by atoms with Gasteiger partial charge in [0.15, 0.2) is 0 Å². The van der Waals surface area contributed by atoms with E-state index in [9.17, 15) is 5.48 Å². The molecule has 370 valence electrons. The molecule has 0 saturated carbocycles. The van der Waals surface area contributed by atoms with E-state index in [2.05, 4.69) is 152 Å². The van der Waals surface area contributed by atoms with Gasteiger partial charge < -0.3 is 9.64 Å². The van der Waals surface area contributed by atoms with Gasteiger partial charge in [-0.05, 0) is 136 Å². The molecule has 0 aliphatic carbocycles. The zero-order valence-electron chi connectivity index (χ0n) is 54.5. The van der Waals surface area contributed by atoms with Crippen molar-refractivity contribution in [1.29, 1.82) is 0 Å². The highest BCUT2D eigenvalue weighted by Crippen LogP contribution is 2.58. The number of anilines is 3. The van der Waals surface area contributed by atoms with Crippen LogP contribution in [0.25, 0.3) is 44.5 Å². The minimum Gasteiger partial charge on any atom is -0.457 e. The van der Waals surface area contributed by atoms with Gasteiger partial charge in [-0.25, -0.2) is 0 Å². The normalized spacial score (nSPS) is 15.9. The molecule has 3 heteroatoms. The van der Waals surface area contributed by atoms with Gasteiger partial charge in [-0.2, -0.15) is 0 Å². The summed E-state index contributed by atoms with van der Waals surface area (Å²) in [6.07, 6.45) is 0. The Kier molecular flexibility index (Phi) is 8.64. The van der Waals surface area contributed by atoms with E-state index >= 15 is 0 Å². The van der Waals surface area contributed by atoms with Crippen LogP contribution in [0.3, 0.4) is 0 Å². The lowest BCUT2D eigenvalue weighted by Gasteiger charge is -2.50. The highest BCUT2D eigenvalue weighted by molar-refractivity contribution is 6.99. The van der Waals surface area contributed by atoms with Crippen molar-refractivity contribution in [3.63, 3.8) is 0 Å². The minimum atomic E-state index is -1.33. The Labute approximate surface area is 464 Å². The van der Waals surface area contributed by atoms with Gasteiger partial charge in [-0.3, -0.25) is 0 Å². The lowest BCUT2D eigenvalue weighted by molar-refractivity contribution is 0.435. The summed E-state index contributed by atoms with van der Waals surface area (Å²) in [6.45, 7) is 19.6. The van der Waals surface area contributed by atoms with E-state index in [-0.39, 0.29) is 51.5 Å². The monoisotopic (exact) mass is 992 g/mol.